The van der Waals surface area contributed by atoms with E-state index in [1.165, 1.54) is 22.9 Å². The van der Waals surface area contributed by atoms with Crippen LogP contribution in [0.2, 0.25) is 0 Å². The van der Waals surface area contributed by atoms with E-state index < -0.39 is 10.9 Å². The van der Waals surface area contributed by atoms with Crippen LogP contribution in [0.25, 0.3) is 11.3 Å². The Morgan fingerprint density at radius 2 is 2.16 bits per heavy atom. The summed E-state index contributed by atoms with van der Waals surface area (Å²) in [6.45, 7) is 1.59. The molecular formula is C12H11N3O4. The summed E-state index contributed by atoms with van der Waals surface area (Å²) in [5, 5.41) is 24.0. The number of rotatable bonds is 3. The molecule has 0 aliphatic rings. The molecule has 0 amide bonds. The molecule has 0 saturated carbocycles. The van der Waals surface area contributed by atoms with Gasteiger partial charge >= 0.3 is 5.97 Å². The summed E-state index contributed by atoms with van der Waals surface area (Å²) in [7, 11) is 1.60. The zero-order chi connectivity index (χ0) is 14.2. The van der Waals surface area contributed by atoms with E-state index in [4.69, 9.17) is 0 Å². The average Bonchev–Trinajstić information content (AvgIpc) is 2.64. The molecule has 0 bridgehead atoms. The summed E-state index contributed by atoms with van der Waals surface area (Å²) >= 11 is 0. The first-order valence-electron chi connectivity index (χ1n) is 5.43. The number of non-ortho nitro benzene ring substituents is 1. The number of aryl methyl sites for hydroxylation is 2. The first kappa shape index (κ1) is 12.7. The Morgan fingerprint density at radius 1 is 1.47 bits per heavy atom. The number of nitrogens with zero attached hydrogens (tertiary/aromatic N) is 3. The number of nitro benzene ring substituents is 1. The minimum atomic E-state index is -1.10. The number of nitro groups is 1. The largest absolute Gasteiger partial charge is 0.478 e. The van der Waals surface area contributed by atoms with Gasteiger partial charge in [-0.05, 0) is 6.92 Å². The van der Waals surface area contributed by atoms with Crippen LogP contribution in [-0.4, -0.2) is 25.8 Å². The highest BCUT2D eigenvalue weighted by atomic mass is 16.6. The summed E-state index contributed by atoms with van der Waals surface area (Å²) in [6.07, 6.45) is 0. The smallest absolute Gasteiger partial charge is 0.339 e. The van der Waals surface area contributed by atoms with Crippen molar-refractivity contribution in [1.29, 1.82) is 0 Å². The van der Waals surface area contributed by atoms with Crippen molar-refractivity contribution in [2.24, 2.45) is 7.05 Å². The number of carboxylic acid groups (broad SMARTS) is 1. The van der Waals surface area contributed by atoms with Crippen molar-refractivity contribution in [1.82, 2.24) is 9.78 Å². The van der Waals surface area contributed by atoms with Crippen LogP contribution in [0.5, 0.6) is 0 Å². The molecule has 1 heterocycles. The van der Waals surface area contributed by atoms with Crippen LogP contribution >= 0.6 is 0 Å². The normalized spacial score (nSPS) is 10.4. The first-order chi connectivity index (χ1) is 8.91. The van der Waals surface area contributed by atoms with E-state index in [9.17, 15) is 20.0 Å². The predicted molar refractivity (Wildman–Crippen MR) is 67.0 cm³/mol. The first-order valence-corrected chi connectivity index (χ1v) is 5.43. The Balaban J connectivity index is 2.68. The summed E-state index contributed by atoms with van der Waals surface area (Å²) in [5.41, 5.74) is 1.15. The summed E-state index contributed by atoms with van der Waals surface area (Å²) in [4.78, 5) is 21.5. The second kappa shape index (κ2) is 4.52. The average molecular weight is 261 g/mol. The van der Waals surface area contributed by atoms with Gasteiger partial charge in [-0.15, -0.1) is 0 Å². The molecule has 0 spiro atoms. The number of hydrogen-bond acceptors (Lipinski definition) is 4. The molecule has 1 aromatic carbocycles. The van der Waals surface area contributed by atoms with Crippen LogP contribution in [0.15, 0.2) is 24.3 Å². The summed E-state index contributed by atoms with van der Waals surface area (Å²) in [5.74, 6) is -1.10. The van der Waals surface area contributed by atoms with Gasteiger partial charge in [0.25, 0.3) is 5.69 Å². The highest BCUT2D eigenvalue weighted by molar-refractivity contribution is 5.96. The van der Waals surface area contributed by atoms with Crippen molar-refractivity contribution in [2.45, 2.75) is 6.92 Å². The third kappa shape index (κ3) is 2.17. The van der Waals surface area contributed by atoms with Gasteiger partial charge in [0, 0.05) is 24.7 Å². The fraction of sp³-hybridized carbons (Fsp3) is 0.167. The zero-order valence-electron chi connectivity index (χ0n) is 10.3. The fourth-order valence-electron chi connectivity index (χ4n) is 2.01. The lowest BCUT2D eigenvalue weighted by Crippen LogP contribution is -2.01. The molecule has 2 aromatic rings. The van der Waals surface area contributed by atoms with Gasteiger partial charge in [-0.3, -0.25) is 14.8 Å². The quantitative estimate of drug-likeness (QED) is 0.673. The van der Waals surface area contributed by atoms with E-state index in [1.54, 1.807) is 20.0 Å². The second-order valence-corrected chi connectivity index (χ2v) is 4.05. The Bertz CT molecular complexity index is 676. The minimum Gasteiger partial charge on any atom is -0.478 e. The van der Waals surface area contributed by atoms with Crippen molar-refractivity contribution in [3.8, 4) is 11.3 Å². The van der Waals surface area contributed by atoms with E-state index in [-0.39, 0.29) is 11.3 Å². The Hall–Kier alpha value is -2.70. The van der Waals surface area contributed by atoms with E-state index in [2.05, 4.69) is 5.10 Å². The molecule has 19 heavy (non-hydrogen) atoms. The van der Waals surface area contributed by atoms with Crippen LogP contribution in [0.1, 0.15) is 16.1 Å². The molecule has 1 aromatic heterocycles. The maximum Gasteiger partial charge on any atom is 0.339 e. The summed E-state index contributed by atoms with van der Waals surface area (Å²) < 4.78 is 1.41. The van der Waals surface area contributed by atoms with E-state index in [0.29, 0.717) is 17.0 Å². The van der Waals surface area contributed by atoms with Crippen LogP contribution in [0, 0.1) is 17.0 Å². The summed E-state index contributed by atoms with van der Waals surface area (Å²) in [6, 6.07) is 5.83. The van der Waals surface area contributed by atoms with Gasteiger partial charge in [0.05, 0.1) is 16.3 Å². The number of aromatic nitrogens is 2. The van der Waals surface area contributed by atoms with E-state index in [0.717, 1.165) is 0 Å². The highest BCUT2D eigenvalue weighted by Gasteiger charge is 2.21. The third-order valence-electron chi connectivity index (χ3n) is 2.77. The second-order valence-electron chi connectivity index (χ2n) is 4.05. The monoisotopic (exact) mass is 261 g/mol. The molecule has 1 N–H and O–H groups in total. The predicted octanol–water partition coefficient (Wildman–Crippen LogP) is 2.00. The lowest BCUT2D eigenvalue weighted by Gasteiger charge is -2.04. The number of benzene rings is 1. The van der Waals surface area contributed by atoms with Gasteiger partial charge in [-0.25, -0.2) is 4.79 Å². The number of aromatic carboxylic acids is 1. The van der Waals surface area contributed by atoms with Crippen LogP contribution in [0.4, 0.5) is 5.69 Å². The van der Waals surface area contributed by atoms with Gasteiger partial charge in [0.2, 0.25) is 0 Å². The molecular weight excluding hydrogens is 250 g/mol. The van der Waals surface area contributed by atoms with E-state index in [1.807, 2.05) is 0 Å². The zero-order valence-corrected chi connectivity index (χ0v) is 10.3. The van der Waals surface area contributed by atoms with Crippen LogP contribution in [0.3, 0.4) is 0 Å². The van der Waals surface area contributed by atoms with Crippen molar-refractivity contribution >= 4 is 11.7 Å². The van der Waals surface area contributed by atoms with Crippen molar-refractivity contribution in [3.63, 3.8) is 0 Å². The lowest BCUT2D eigenvalue weighted by molar-refractivity contribution is -0.384. The van der Waals surface area contributed by atoms with Gasteiger partial charge < -0.3 is 5.11 Å². The molecule has 2 rings (SSSR count). The van der Waals surface area contributed by atoms with Gasteiger partial charge in [-0.1, -0.05) is 12.1 Å². The van der Waals surface area contributed by atoms with Crippen molar-refractivity contribution in [3.05, 3.63) is 45.6 Å². The third-order valence-corrected chi connectivity index (χ3v) is 2.77. The molecule has 0 radical (unpaired) electrons. The van der Waals surface area contributed by atoms with Gasteiger partial charge in [-0.2, -0.15) is 5.10 Å². The SMILES string of the molecule is Cc1nn(C)c(-c2cccc([N+](=O)[O-])c2)c1C(=O)O. The topological polar surface area (TPSA) is 98.3 Å². The minimum absolute atomic E-state index is 0.0583. The fourth-order valence-corrected chi connectivity index (χ4v) is 2.01. The Kier molecular flexibility index (Phi) is 3.04. The molecule has 0 aliphatic heterocycles. The molecule has 0 unspecified atom stereocenters. The number of carboxylic acids is 1. The molecule has 98 valence electrons. The van der Waals surface area contributed by atoms with Crippen LogP contribution in [-0.2, 0) is 7.05 Å². The molecule has 0 saturated heterocycles. The molecule has 0 atom stereocenters. The molecule has 7 nitrogen and oxygen atoms in total. The maximum atomic E-state index is 11.3. The van der Waals surface area contributed by atoms with Crippen LogP contribution < -0.4 is 0 Å². The number of carbonyl (C=O) groups is 1. The van der Waals surface area contributed by atoms with Gasteiger partial charge in [0.1, 0.15) is 5.56 Å². The maximum absolute atomic E-state index is 11.3. The molecule has 7 heteroatoms. The molecule has 0 fully saturated rings. The Labute approximate surface area is 108 Å². The Morgan fingerprint density at radius 3 is 2.74 bits per heavy atom. The number of hydrogen-bond donors (Lipinski definition) is 1. The van der Waals surface area contributed by atoms with Crippen molar-refractivity contribution < 1.29 is 14.8 Å². The molecule has 0 aliphatic carbocycles. The van der Waals surface area contributed by atoms with Crippen molar-refractivity contribution in [2.75, 3.05) is 0 Å². The highest BCUT2D eigenvalue weighted by Crippen LogP contribution is 2.28. The van der Waals surface area contributed by atoms with E-state index >= 15 is 0 Å². The lowest BCUT2D eigenvalue weighted by atomic mass is 10.1. The standard InChI is InChI=1S/C12H11N3O4/c1-7-10(12(16)17)11(14(2)13-7)8-4-3-5-9(6-8)15(18)19/h3-6H,1-2H3,(H,16,17). The van der Waals surface area contributed by atoms with Gasteiger partial charge in [0.15, 0.2) is 0 Å².